The number of carbonyl (C=O) groups excluding carboxylic acids is 1. The number of rotatable bonds is 8. The number of amidine groups is 1. The van der Waals surface area contributed by atoms with E-state index >= 15 is 0 Å². The lowest BCUT2D eigenvalue weighted by molar-refractivity contribution is -0.109. The minimum Gasteiger partial charge on any atom is -0.387 e. The van der Waals surface area contributed by atoms with Crippen molar-refractivity contribution in [2.24, 2.45) is 22.4 Å². The summed E-state index contributed by atoms with van der Waals surface area (Å²) in [7, 11) is 0. The Kier molecular flexibility index (Phi) is 7.91. The molecule has 4 nitrogen and oxygen atoms in total. The summed E-state index contributed by atoms with van der Waals surface area (Å²) in [6, 6.07) is -0.275. The molecule has 0 aromatic rings. The Morgan fingerprint density at radius 3 is 2.53 bits per heavy atom. The van der Waals surface area contributed by atoms with Gasteiger partial charge in [-0.1, -0.05) is 13.8 Å². The second-order valence-electron chi connectivity index (χ2n) is 4.20. The normalized spacial score (nSPS) is 14.3. The Balaban J connectivity index is 3.99. The van der Waals surface area contributed by atoms with Crippen LogP contribution in [0.3, 0.4) is 0 Å². The van der Waals surface area contributed by atoms with Crippen molar-refractivity contribution in [1.29, 1.82) is 0 Å². The van der Waals surface area contributed by atoms with Crippen molar-refractivity contribution in [2.75, 3.05) is 6.54 Å². The van der Waals surface area contributed by atoms with Crippen LogP contribution in [0.25, 0.3) is 0 Å². The van der Waals surface area contributed by atoms with Gasteiger partial charge in [-0.2, -0.15) is 0 Å². The molecule has 0 aromatic carbocycles. The van der Waals surface area contributed by atoms with Crippen molar-refractivity contribution in [1.82, 2.24) is 0 Å². The van der Waals surface area contributed by atoms with E-state index in [1.807, 2.05) is 0 Å². The average molecular weight is 213 g/mol. The molecule has 4 N–H and O–H groups in total. The molecule has 0 aliphatic carbocycles. The molecule has 15 heavy (non-hydrogen) atoms. The fraction of sp³-hybridized carbons (Fsp3) is 0.818. The zero-order valence-electron chi connectivity index (χ0n) is 9.78. The molecule has 0 fully saturated rings. The van der Waals surface area contributed by atoms with Gasteiger partial charge in [0, 0.05) is 6.42 Å². The first kappa shape index (κ1) is 14.1. The predicted molar refractivity (Wildman–Crippen MR) is 63.8 cm³/mol. The van der Waals surface area contributed by atoms with E-state index in [9.17, 15) is 4.79 Å². The highest BCUT2D eigenvalue weighted by atomic mass is 16.1. The monoisotopic (exact) mass is 213 g/mol. The maximum Gasteiger partial charge on any atom is 0.144 e. The zero-order valence-corrected chi connectivity index (χ0v) is 9.78. The standard InChI is InChI=1S/C11H23N3O/c1-9(2)7-10(8-15)14-11(13)5-3-4-6-12/h8-10H,3-7,12H2,1-2H3,(H2,13,14). The van der Waals surface area contributed by atoms with Gasteiger partial charge in [0.2, 0.25) is 0 Å². The summed E-state index contributed by atoms with van der Waals surface area (Å²) in [5, 5.41) is 0. The first-order chi connectivity index (χ1) is 7.10. The number of aliphatic imine (C=N–C) groups is 1. The maximum absolute atomic E-state index is 10.7. The molecule has 1 unspecified atom stereocenters. The highest BCUT2D eigenvalue weighted by molar-refractivity contribution is 5.82. The number of aldehydes is 1. The molecule has 0 aliphatic heterocycles. The third-order valence-electron chi connectivity index (χ3n) is 2.09. The Morgan fingerprint density at radius 2 is 2.07 bits per heavy atom. The molecule has 0 aromatic heterocycles. The van der Waals surface area contributed by atoms with Gasteiger partial charge in [-0.3, -0.25) is 4.99 Å². The van der Waals surface area contributed by atoms with Gasteiger partial charge < -0.3 is 16.3 Å². The summed E-state index contributed by atoms with van der Waals surface area (Å²) >= 11 is 0. The zero-order chi connectivity index (χ0) is 11.7. The lowest BCUT2D eigenvalue weighted by atomic mass is 10.1. The van der Waals surface area contributed by atoms with Crippen LogP contribution in [0.5, 0.6) is 0 Å². The first-order valence-corrected chi connectivity index (χ1v) is 5.57. The van der Waals surface area contributed by atoms with E-state index in [1.54, 1.807) is 0 Å². The molecule has 1 atom stereocenters. The molecule has 0 aliphatic rings. The highest BCUT2D eigenvalue weighted by Crippen LogP contribution is 2.06. The maximum atomic E-state index is 10.7. The number of unbranched alkanes of at least 4 members (excludes halogenated alkanes) is 1. The molecule has 0 heterocycles. The average Bonchev–Trinajstić information content (AvgIpc) is 2.16. The van der Waals surface area contributed by atoms with Crippen LogP contribution in [-0.2, 0) is 4.79 Å². The Labute approximate surface area is 92.1 Å². The third-order valence-corrected chi connectivity index (χ3v) is 2.09. The summed E-state index contributed by atoms with van der Waals surface area (Å²) in [6.07, 6.45) is 4.27. The SMILES string of the molecule is CC(C)CC(C=O)N=C(N)CCCCN. The molecule has 0 rings (SSSR count). The van der Waals surface area contributed by atoms with Crippen molar-refractivity contribution in [3.63, 3.8) is 0 Å². The molecule has 0 amide bonds. The van der Waals surface area contributed by atoms with Crippen molar-refractivity contribution in [2.45, 2.75) is 45.6 Å². The molecule has 0 bridgehead atoms. The Hall–Kier alpha value is -0.900. The largest absolute Gasteiger partial charge is 0.387 e. The number of carbonyl (C=O) groups is 1. The molecule has 4 heteroatoms. The second-order valence-corrected chi connectivity index (χ2v) is 4.20. The molecule has 88 valence electrons. The van der Waals surface area contributed by atoms with Gasteiger partial charge in [-0.25, -0.2) is 0 Å². The van der Waals surface area contributed by atoms with E-state index in [-0.39, 0.29) is 6.04 Å². The van der Waals surface area contributed by atoms with Crippen LogP contribution in [0.1, 0.15) is 39.5 Å². The summed E-state index contributed by atoms with van der Waals surface area (Å²) in [4.78, 5) is 14.9. The predicted octanol–water partition coefficient (Wildman–Crippen LogP) is 1.09. The Bertz CT molecular complexity index is 202. The van der Waals surface area contributed by atoms with Crippen LogP contribution >= 0.6 is 0 Å². The topological polar surface area (TPSA) is 81.5 Å². The number of nitrogens with zero attached hydrogens (tertiary/aromatic N) is 1. The fourth-order valence-electron chi connectivity index (χ4n) is 1.35. The van der Waals surface area contributed by atoms with Crippen LogP contribution in [0, 0.1) is 5.92 Å². The van der Waals surface area contributed by atoms with E-state index < -0.39 is 0 Å². The second kappa shape index (κ2) is 8.41. The van der Waals surface area contributed by atoms with Gasteiger partial charge in [0.15, 0.2) is 0 Å². The van der Waals surface area contributed by atoms with Gasteiger partial charge in [-0.15, -0.1) is 0 Å². The van der Waals surface area contributed by atoms with Crippen LogP contribution in [0.4, 0.5) is 0 Å². The number of hydrogen-bond donors (Lipinski definition) is 2. The van der Waals surface area contributed by atoms with Gasteiger partial charge in [0.1, 0.15) is 12.3 Å². The lowest BCUT2D eigenvalue weighted by Crippen LogP contribution is -2.19. The van der Waals surface area contributed by atoms with Crippen LogP contribution in [0.15, 0.2) is 4.99 Å². The van der Waals surface area contributed by atoms with Crippen LogP contribution < -0.4 is 11.5 Å². The summed E-state index contributed by atoms with van der Waals surface area (Å²) in [6.45, 7) is 4.81. The molecular weight excluding hydrogens is 190 g/mol. The summed E-state index contributed by atoms with van der Waals surface area (Å²) < 4.78 is 0. The van der Waals surface area contributed by atoms with Crippen molar-refractivity contribution >= 4 is 12.1 Å². The number of nitrogens with two attached hydrogens (primary N) is 2. The minimum atomic E-state index is -0.275. The molecule has 0 radical (unpaired) electrons. The van der Waals surface area contributed by atoms with E-state index in [0.29, 0.717) is 18.3 Å². The summed E-state index contributed by atoms with van der Waals surface area (Å²) in [5.41, 5.74) is 11.1. The lowest BCUT2D eigenvalue weighted by Gasteiger charge is -2.09. The highest BCUT2D eigenvalue weighted by Gasteiger charge is 2.08. The minimum absolute atomic E-state index is 0.275. The quantitative estimate of drug-likeness (QED) is 0.274. The van der Waals surface area contributed by atoms with Crippen LogP contribution in [0.2, 0.25) is 0 Å². The summed E-state index contributed by atoms with van der Waals surface area (Å²) in [5.74, 6) is 1.03. The fourth-order valence-corrected chi connectivity index (χ4v) is 1.35. The molecular formula is C11H23N3O. The smallest absolute Gasteiger partial charge is 0.144 e. The van der Waals surface area contributed by atoms with E-state index in [0.717, 1.165) is 32.0 Å². The van der Waals surface area contributed by atoms with Crippen LogP contribution in [-0.4, -0.2) is 24.7 Å². The van der Waals surface area contributed by atoms with E-state index in [4.69, 9.17) is 11.5 Å². The molecule has 0 saturated carbocycles. The van der Waals surface area contributed by atoms with Gasteiger partial charge in [-0.05, 0) is 31.7 Å². The van der Waals surface area contributed by atoms with Gasteiger partial charge >= 0.3 is 0 Å². The van der Waals surface area contributed by atoms with Crippen molar-refractivity contribution in [3.8, 4) is 0 Å². The van der Waals surface area contributed by atoms with Crippen molar-refractivity contribution in [3.05, 3.63) is 0 Å². The van der Waals surface area contributed by atoms with Crippen molar-refractivity contribution < 1.29 is 4.79 Å². The van der Waals surface area contributed by atoms with Gasteiger partial charge in [0.25, 0.3) is 0 Å². The third kappa shape index (κ3) is 8.12. The van der Waals surface area contributed by atoms with E-state index in [1.165, 1.54) is 0 Å². The Morgan fingerprint density at radius 1 is 1.40 bits per heavy atom. The molecule has 0 saturated heterocycles. The first-order valence-electron chi connectivity index (χ1n) is 5.57. The van der Waals surface area contributed by atoms with Gasteiger partial charge in [0.05, 0.1) is 5.84 Å². The number of hydrogen-bond acceptors (Lipinski definition) is 3. The molecule has 0 spiro atoms. The van der Waals surface area contributed by atoms with E-state index in [2.05, 4.69) is 18.8 Å².